The van der Waals surface area contributed by atoms with Gasteiger partial charge in [0.1, 0.15) is 31.0 Å². The van der Waals surface area contributed by atoms with Crippen molar-refractivity contribution >= 4 is 0 Å². The number of benzene rings is 2. The van der Waals surface area contributed by atoms with Crippen molar-refractivity contribution in [3.05, 3.63) is 65.7 Å². The molecule has 0 bridgehead atoms. The summed E-state index contributed by atoms with van der Waals surface area (Å²) in [6.07, 6.45) is 1.59. The minimum absolute atomic E-state index is 0.161. The largest absolute Gasteiger partial charge is 0.484 e. The standard InChI is InChI=1S/C24H26O7/c1-24(2)30-21-17(25)9-11-19(23(21)31-24)26-13-16-8-10-18-22(29-14-28-18)20(16)27-12-15-6-4-3-5-7-15/h3-11,17,19,21,23,25H,12-14H2,1-2H3/t17-,19+,21+,23-/m0/s1. The Balaban J connectivity index is 1.34. The first-order valence-corrected chi connectivity index (χ1v) is 10.4. The van der Waals surface area contributed by atoms with Crippen molar-refractivity contribution in [3.8, 4) is 17.2 Å². The van der Waals surface area contributed by atoms with E-state index in [0.717, 1.165) is 11.1 Å². The number of aliphatic hydroxyl groups excluding tert-OH is 1. The van der Waals surface area contributed by atoms with Gasteiger partial charge in [-0.3, -0.25) is 0 Å². The molecule has 1 fully saturated rings. The molecule has 5 rings (SSSR count). The van der Waals surface area contributed by atoms with Crippen molar-refractivity contribution in [2.75, 3.05) is 6.79 Å². The van der Waals surface area contributed by atoms with Crippen molar-refractivity contribution < 1.29 is 33.5 Å². The first kappa shape index (κ1) is 20.3. The molecule has 3 aliphatic rings. The monoisotopic (exact) mass is 426 g/mol. The van der Waals surface area contributed by atoms with Gasteiger partial charge < -0.3 is 33.5 Å². The van der Waals surface area contributed by atoms with Crippen LogP contribution in [0.1, 0.15) is 25.0 Å². The van der Waals surface area contributed by atoms with Crippen LogP contribution in [0.5, 0.6) is 17.2 Å². The highest BCUT2D eigenvalue weighted by Crippen LogP contribution is 2.44. The third kappa shape index (κ3) is 4.14. The zero-order valence-corrected chi connectivity index (χ0v) is 17.5. The van der Waals surface area contributed by atoms with E-state index >= 15 is 0 Å². The quantitative estimate of drug-likeness (QED) is 0.710. The van der Waals surface area contributed by atoms with Crippen LogP contribution in [0.2, 0.25) is 0 Å². The second-order valence-corrected chi connectivity index (χ2v) is 8.28. The predicted molar refractivity (Wildman–Crippen MR) is 111 cm³/mol. The molecule has 31 heavy (non-hydrogen) atoms. The number of fused-ring (bicyclic) bond motifs is 2. The number of ether oxygens (including phenoxy) is 6. The van der Waals surface area contributed by atoms with Crippen molar-refractivity contribution in [3.63, 3.8) is 0 Å². The fourth-order valence-corrected chi connectivity index (χ4v) is 4.10. The molecule has 0 amide bonds. The molecule has 0 radical (unpaired) electrons. The summed E-state index contributed by atoms with van der Waals surface area (Å²) >= 11 is 0. The van der Waals surface area contributed by atoms with Crippen LogP contribution in [0.4, 0.5) is 0 Å². The summed E-state index contributed by atoms with van der Waals surface area (Å²) in [6.45, 7) is 4.51. The fourth-order valence-electron chi connectivity index (χ4n) is 4.10. The molecular formula is C24H26O7. The summed E-state index contributed by atoms with van der Waals surface area (Å²) in [5.41, 5.74) is 1.89. The second kappa shape index (κ2) is 8.16. The van der Waals surface area contributed by atoms with Crippen LogP contribution in [0.15, 0.2) is 54.6 Å². The number of aliphatic hydroxyl groups is 1. The van der Waals surface area contributed by atoms with Crippen LogP contribution in [0.3, 0.4) is 0 Å². The van der Waals surface area contributed by atoms with Gasteiger partial charge in [0, 0.05) is 5.56 Å². The van der Waals surface area contributed by atoms with Crippen LogP contribution >= 0.6 is 0 Å². The highest BCUT2D eigenvalue weighted by Gasteiger charge is 2.49. The van der Waals surface area contributed by atoms with Crippen molar-refractivity contribution in [2.45, 2.75) is 57.3 Å². The maximum atomic E-state index is 10.2. The molecular weight excluding hydrogens is 400 g/mol. The summed E-state index contributed by atoms with van der Waals surface area (Å²) in [4.78, 5) is 0. The molecule has 0 spiro atoms. The molecule has 1 N–H and O–H groups in total. The van der Waals surface area contributed by atoms with Crippen LogP contribution < -0.4 is 14.2 Å². The van der Waals surface area contributed by atoms with Crippen LogP contribution in [-0.4, -0.2) is 42.1 Å². The molecule has 0 aromatic heterocycles. The van der Waals surface area contributed by atoms with Crippen LogP contribution in [0.25, 0.3) is 0 Å². The Kier molecular flexibility index (Phi) is 5.35. The lowest BCUT2D eigenvalue weighted by Gasteiger charge is -2.30. The Bertz CT molecular complexity index is 956. The van der Waals surface area contributed by atoms with E-state index in [1.54, 1.807) is 6.08 Å². The minimum Gasteiger partial charge on any atom is -0.484 e. The molecule has 2 heterocycles. The number of hydrogen-bond donors (Lipinski definition) is 1. The van der Waals surface area contributed by atoms with Crippen molar-refractivity contribution in [2.24, 2.45) is 0 Å². The minimum atomic E-state index is -0.771. The fraction of sp³-hybridized carbons (Fsp3) is 0.417. The molecule has 7 heteroatoms. The Morgan fingerprint density at radius 3 is 2.61 bits per heavy atom. The van der Waals surface area contributed by atoms with E-state index in [-0.39, 0.29) is 19.5 Å². The van der Waals surface area contributed by atoms with Crippen molar-refractivity contribution in [1.29, 1.82) is 0 Å². The first-order chi connectivity index (χ1) is 15.0. The van der Waals surface area contributed by atoms with Gasteiger partial charge >= 0.3 is 0 Å². The van der Waals surface area contributed by atoms with Crippen LogP contribution in [-0.2, 0) is 27.4 Å². The van der Waals surface area contributed by atoms with Gasteiger partial charge in [-0.2, -0.15) is 0 Å². The zero-order valence-electron chi connectivity index (χ0n) is 17.5. The van der Waals surface area contributed by atoms with E-state index in [1.165, 1.54) is 0 Å². The van der Waals surface area contributed by atoms with E-state index in [1.807, 2.05) is 62.4 Å². The smallest absolute Gasteiger partial charge is 0.231 e. The average molecular weight is 426 g/mol. The topological polar surface area (TPSA) is 75.6 Å². The number of hydrogen-bond acceptors (Lipinski definition) is 7. The Morgan fingerprint density at radius 2 is 1.77 bits per heavy atom. The number of rotatable bonds is 6. The van der Waals surface area contributed by atoms with Gasteiger partial charge in [-0.05, 0) is 31.5 Å². The molecule has 0 saturated carbocycles. The predicted octanol–water partition coefficient (Wildman–Crippen LogP) is 3.33. The highest BCUT2D eigenvalue weighted by atomic mass is 16.8. The lowest BCUT2D eigenvalue weighted by atomic mass is 9.96. The normalized spacial score (nSPS) is 27.8. The van der Waals surface area contributed by atoms with Crippen LogP contribution in [0, 0.1) is 0 Å². The average Bonchev–Trinajstić information content (AvgIpc) is 3.37. The molecule has 0 unspecified atom stereocenters. The summed E-state index contributed by atoms with van der Waals surface area (Å²) in [5, 5.41) is 10.2. The third-order valence-corrected chi connectivity index (χ3v) is 5.55. The van der Waals surface area contributed by atoms with Gasteiger partial charge in [0.25, 0.3) is 0 Å². The first-order valence-electron chi connectivity index (χ1n) is 10.4. The molecule has 1 aliphatic carbocycles. The molecule has 2 aliphatic heterocycles. The van der Waals surface area contributed by atoms with E-state index < -0.39 is 24.1 Å². The Hall–Kier alpha value is -2.58. The van der Waals surface area contributed by atoms with Gasteiger partial charge in [0.2, 0.25) is 12.5 Å². The maximum absolute atomic E-state index is 10.2. The van der Waals surface area contributed by atoms with Gasteiger partial charge in [0.05, 0.1) is 6.61 Å². The third-order valence-electron chi connectivity index (χ3n) is 5.55. The molecule has 164 valence electrons. The summed E-state index contributed by atoms with van der Waals surface area (Å²) < 4.78 is 35.4. The molecule has 2 aromatic rings. The maximum Gasteiger partial charge on any atom is 0.231 e. The van der Waals surface area contributed by atoms with E-state index in [4.69, 9.17) is 28.4 Å². The van der Waals surface area contributed by atoms with Gasteiger partial charge in [-0.1, -0.05) is 42.5 Å². The molecule has 4 atom stereocenters. The van der Waals surface area contributed by atoms with Gasteiger partial charge in [0.15, 0.2) is 17.3 Å². The summed E-state index contributed by atoms with van der Waals surface area (Å²) in [5.74, 6) is 1.08. The van der Waals surface area contributed by atoms with E-state index in [9.17, 15) is 5.11 Å². The van der Waals surface area contributed by atoms with E-state index in [2.05, 4.69) is 0 Å². The van der Waals surface area contributed by atoms with Gasteiger partial charge in [-0.25, -0.2) is 0 Å². The zero-order chi connectivity index (χ0) is 21.4. The van der Waals surface area contributed by atoms with Crippen molar-refractivity contribution in [1.82, 2.24) is 0 Å². The lowest BCUT2D eigenvalue weighted by Crippen LogP contribution is -2.45. The summed E-state index contributed by atoms with van der Waals surface area (Å²) in [6, 6.07) is 13.7. The SMILES string of the molecule is CC1(C)O[C@@H]2[C@H](O1)[C@@H](O)C=C[C@H]2OCc1ccc2c(c1OCc1ccccc1)OCO2. The highest BCUT2D eigenvalue weighted by molar-refractivity contribution is 5.56. The molecule has 2 aromatic carbocycles. The lowest BCUT2D eigenvalue weighted by molar-refractivity contribution is -0.158. The van der Waals surface area contributed by atoms with E-state index in [0.29, 0.717) is 23.9 Å². The second-order valence-electron chi connectivity index (χ2n) is 8.28. The molecule has 7 nitrogen and oxygen atoms in total. The molecule has 1 saturated heterocycles. The Morgan fingerprint density at radius 1 is 0.968 bits per heavy atom. The van der Waals surface area contributed by atoms with Gasteiger partial charge in [-0.15, -0.1) is 0 Å². The Labute approximate surface area is 181 Å². The summed E-state index contributed by atoms with van der Waals surface area (Å²) in [7, 11) is 0.